The lowest BCUT2D eigenvalue weighted by atomic mass is 9.92. The second-order valence-electron chi connectivity index (χ2n) is 12.3. The summed E-state index contributed by atoms with van der Waals surface area (Å²) in [5.74, 6) is 0. The van der Waals surface area contributed by atoms with Gasteiger partial charge in [-0.1, -0.05) is 84.9 Å². The van der Waals surface area contributed by atoms with Crippen LogP contribution in [0.1, 0.15) is 11.1 Å². The van der Waals surface area contributed by atoms with Crippen molar-refractivity contribution in [2.75, 3.05) is 0 Å². The van der Waals surface area contributed by atoms with E-state index in [-0.39, 0.29) is 0 Å². The van der Waals surface area contributed by atoms with Gasteiger partial charge in [0.1, 0.15) is 0 Å². The van der Waals surface area contributed by atoms with Gasteiger partial charge in [-0.15, -0.1) is 0 Å². The van der Waals surface area contributed by atoms with E-state index in [1.807, 2.05) is 54.6 Å². The van der Waals surface area contributed by atoms with Crippen molar-refractivity contribution in [1.82, 2.24) is 9.13 Å². The smallest absolute Gasteiger partial charge is 0.195 e. The summed E-state index contributed by atoms with van der Waals surface area (Å²) in [5.41, 5.74) is 11.5. The monoisotopic (exact) mass is 635 g/mol. The molecule has 0 bridgehead atoms. The minimum absolute atomic E-state index is 0.551. The van der Waals surface area contributed by atoms with E-state index in [0.29, 0.717) is 16.8 Å². The summed E-state index contributed by atoms with van der Waals surface area (Å²) in [4.78, 5) is 3.99. The summed E-state index contributed by atoms with van der Waals surface area (Å²) in [7, 11) is 0. The van der Waals surface area contributed by atoms with Gasteiger partial charge in [-0.3, -0.25) is 0 Å². The molecule has 50 heavy (non-hydrogen) atoms. The van der Waals surface area contributed by atoms with Crippen LogP contribution in [0.15, 0.2) is 152 Å². The third-order valence-electron chi connectivity index (χ3n) is 9.61. The molecule has 9 rings (SSSR count). The Morgan fingerprint density at radius 3 is 1.52 bits per heavy atom. The highest BCUT2D eigenvalue weighted by Crippen LogP contribution is 2.43. The number of hydrogen-bond acceptors (Lipinski definition) is 2. The molecule has 0 aliphatic heterocycles. The molecule has 0 atom stereocenters. The van der Waals surface area contributed by atoms with Gasteiger partial charge in [-0.25, -0.2) is 4.85 Å². The van der Waals surface area contributed by atoms with Crippen molar-refractivity contribution in [3.63, 3.8) is 0 Å². The Labute approximate surface area is 288 Å². The topological polar surface area (TPSA) is 61.8 Å². The Morgan fingerprint density at radius 2 is 0.940 bits per heavy atom. The first-order chi connectivity index (χ1) is 24.7. The average molecular weight is 636 g/mol. The van der Waals surface area contributed by atoms with Crippen molar-refractivity contribution in [3.05, 3.63) is 174 Å². The number of aromatic nitrogens is 2. The van der Waals surface area contributed by atoms with E-state index < -0.39 is 0 Å². The maximum atomic E-state index is 9.68. The lowest BCUT2D eigenvalue weighted by Gasteiger charge is -2.18. The summed E-state index contributed by atoms with van der Waals surface area (Å²) in [5, 5.41) is 23.5. The zero-order valence-corrected chi connectivity index (χ0v) is 26.7. The van der Waals surface area contributed by atoms with Gasteiger partial charge in [0, 0.05) is 32.8 Å². The lowest BCUT2D eigenvalue weighted by Crippen LogP contribution is -1.98. The number of hydrogen-bond donors (Lipinski definition) is 0. The molecule has 2 aromatic heterocycles. The van der Waals surface area contributed by atoms with Gasteiger partial charge in [0.05, 0.1) is 57.6 Å². The molecule has 9 aromatic rings. The van der Waals surface area contributed by atoms with Gasteiger partial charge in [0.2, 0.25) is 0 Å². The molecule has 0 saturated carbocycles. The average Bonchev–Trinajstić information content (AvgIpc) is 3.69. The van der Waals surface area contributed by atoms with E-state index in [1.165, 1.54) is 10.8 Å². The highest BCUT2D eigenvalue weighted by Gasteiger charge is 2.20. The fourth-order valence-corrected chi connectivity index (χ4v) is 7.45. The first-order valence-corrected chi connectivity index (χ1v) is 16.3. The maximum absolute atomic E-state index is 9.68. The molecule has 0 unspecified atom stereocenters. The lowest BCUT2D eigenvalue weighted by molar-refractivity contribution is 1.18. The van der Waals surface area contributed by atoms with Crippen molar-refractivity contribution in [2.24, 2.45) is 0 Å². The van der Waals surface area contributed by atoms with Crippen molar-refractivity contribution in [1.29, 1.82) is 10.5 Å². The normalized spacial score (nSPS) is 11.1. The number of benzene rings is 7. The van der Waals surface area contributed by atoms with Gasteiger partial charge >= 0.3 is 0 Å². The highest BCUT2D eigenvalue weighted by atomic mass is 15.0. The molecule has 5 heteroatoms. The number of nitrogens with zero attached hydrogens (tertiary/aromatic N) is 5. The minimum atomic E-state index is 0.551. The number of para-hydroxylation sites is 3. The Hall–Kier alpha value is -7.39. The standard InChI is InChI=1S/C45H25N5/c1-48-40-21-20-31(49-44-22-18-29(27-46)24-38(44)39-25-30(28-47)19-23-45(39)49)26-37(40)33-11-3-2-10-32(33)34-12-4-7-15-41(34)50-42-16-8-5-13-35(42)36-14-6-9-17-43(36)50/h2-26H. The van der Waals surface area contributed by atoms with E-state index in [4.69, 9.17) is 6.57 Å². The summed E-state index contributed by atoms with van der Waals surface area (Å²) in [6, 6.07) is 55.6. The van der Waals surface area contributed by atoms with Crippen molar-refractivity contribution < 1.29 is 0 Å². The Bertz CT molecular complexity index is 2850. The molecule has 0 fully saturated rings. The first kappa shape index (κ1) is 28.8. The second kappa shape index (κ2) is 11.4. The van der Waals surface area contributed by atoms with Gasteiger partial charge in [-0.05, 0) is 83.4 Å². The van der Waals surface area contributed by atoms with Crippen LogP contribution >= 0.6 is 0 Å². The van der Waals surface area contributed by atoms with Crippen LogP contribution in [0.4, 0.5) is 5.69 Å². The molecule has 0 spiro atoms. The third-order valence-corrected chi connectivity index (χ3v) is 9.61. The molecule has 0 aliphatic carbocycles. The van der Waals surface area contributed by atoms with Crippen molar-refractivity contribution in [2.45, 2.75) is 0 Å². The van der Waals surface area contributed by atoms with E-state index in [0.717, 1.165) is 66.5 Å². The Balaban J connectivity index is 1.29. The molecule has 5 nitrogen and oxygen atoms in total. The molecule has 7 aromatic carbocycles. The molecular formula is C45H25N5. The third kappa shape index (κ3) is 4.31. The molecule has 0 amide bonds. The summed E-state index contributed by atoms with van der Waals surface area (Å²) in [6.07, 6.45) is 0. The van der Waals surface area contributed by atoms with Gasteiger partial charge in [-0.2, -0.15) is 10.5 Å². The quantitative estimate of drug-likeness (QED) is 0.181. The van der Waals surface area contributed by atoms with Gasteiger partial charge in [0.25, 0.3) is 0 Å². The fourth-order valence-electron chi connectivity index (χ4n) is 7.45. The van der Waals surface area contributed by atoms with E-state index in [1.54, 1.807) is 0 Å². The van der Waals surface area contributed by atoms with Crippen molar-refractivity contribution in [3.8, 4) is 45.8 Å². The fraction of sp³-hybridized carbons (Fsp3) is 0. The molecule has 230 valence electrons. The SMILES string of the molecule is [C-]#[N+]c1ccc(-n2c3ccc(C#N)cc3c3cc(C#N)ccc32)cc1-c1ccccc1-c1ccccc1-n1c2ccccc2c2ccccc21. The molecule has 2 heterocycles. The van der Waals surface area contributed by atoms with Gasteiger partial charge < -0.3 is 9.13 Å². The molecule has 0 N–H and O–H groups in total. The van der Waals surface area contributed by atoms with Crippen LogP contribution in [-0.2, 0) is 0 Å². The van der Waals surface area contributed by atoms with Crippen LogP contribution in [0.5, 0.6) is 0 Å². The van der Waals surface area contributed by atoms with Crippen LogP contribution in [0, 0.1) is 29.2 Å². The van der Waals surface area contributed by atoms with Crippen LogP contribution < -0.4 is 0 Å². The summed E-state index contributed by atoms with van der Waals surface area (Å²) in [6.45, 7) is 8.20. The number of nitriles is 2. The van der Waals surface area contributed by atoms with Crippen LogP contribution in [0.2, 0.25) is 0 Å². The summed E-state index contributed by atoms with van der Waals surface area (Å²) >= 11 is 0. The Kier molecular flexibility index (Phi) is 6.56. The molecular weight excluding hydrogens is 611 g/mol. The van der Waals surface area contributed by atoms with Gasteiger partial charge in [0.15, 0.2) is 5.69 Å². The number of rotatable bonds is 4. The van der Waals surface area contributed by atoms with E-state index in [2.05, 4.69) is 123 Å². The predicted molar refractivity (Wildman–Crippen MR) is 202 cm³/mol. The van der Waals surface area contributed by atoms with Crippen molar-refractivity contribution >= 4 is 49.3 Å². The summed E-state index contributed by atoms with van der Waals surface area (Å²) < 4.78 is 4.49. The van der Waals surface area contributed by atoms with Crippen LogP contribution in [0.25, 0.3) is 82.1 Å². The molecule has 0 aliphatic rings. The van der Waals surface area contributed by atoms with E-state index in [9.17, 15) is 10.5 Å². The number of fused-ring (bicyclic) bond motifs is 6. The van der Waals surface area contributed by atoms with E-state index >= 15 is 0 Å². The zero-order chi connectivity index (χ0) is 33.8. The first-order valence-electron chi connectivity index (χ1n) is 16.3. The zero-order valence-electron chi connectivity index (χ0n) is 26.7. The maximum Gasteiger partial charge on any atom is 0.195 e. The largest absolute Gasteiger partial charge is 0.309 e. The minimum Gasteiger partial charge on any atom is -0.309 e. The second-order valence-corrected chi connectivity index (χ2v) is 12.3. The van der Waals surface area contributed by atoms with Crippen LogP contribution in [-0.4, -0.2) is 9.13 Å². The van der Waals surface area contributed by atoms with Crippen LogP contribution in [0.3, 0.4) is 0 Å². The highest BCUT2D eigenvalue weighted by molar-refractivity contribution is 6.11. The molecule has 0 saturated heterocycles. The predicted octanol–water partition coefficient (Wildman–Crippen LogP) is 11.5. The Morgan fingerprint density at radius 1 is 0.440 bits per heavy atom. The molecule has 0 radical (unpaired) electrons.